The van der Waals surface area contributed by atoms with Crippen molar-refractivity contribution in [2.75, 3.05) is 0 Å². The highest BCUT2D eigenvalue weighted by Crippen LogP contribution is 2.53. The van der Waals surface area contributed by atoms with Crippen LogP contribution in [0.1, 0.15) is 37.8 Å². The van der Waals surface area contributed by atoms with Crippen molar-refractivity contribution in [1.29, 1.82) is 0 Å². The van der Waals surface area contributed by atoms with Gasteiger partial charge in [-0.05, 0) is 105 Å². The summed E-state index contributed by atoms with van der Waals surface area (Å²) in [5, 5.41) is 0. The molecule has 0 bridgehead atoms. The van der Waals surface area contributed by atoms with Crippen molar-refractivity contribution >= 4 is 0 Å². The zero-order valence-electron chi connectivity index (χ0n) is 25.0. The van der Waals surface area contributed by atoms with Gasteiger partial charge < -0.3 is 0 Å². The Morgan fingerprint density at radius 3 is 1.07 bits per heavy atom. The summed E-state index contributed by atoms with van der Waals surface area (Å²) in [6.45, 7) is 0. The Bertz CT molecular complexity index is 1810. The first-order chi connectivity index (χ1) is 21.1. The molecule has 1 spiro atoms. The van der Waals surface area contributed by atoms with Crippen LogP contribution in [-0.2, 0) is 18.3 Å². The molecule has 0 unspecified atom stereocenters. The molecule has 0 fully saturated rings. The van der Waals surface area contributed by atoms with Crippen LogP contribution in [0.3, 0.4) is 0 Å². The molecule has 2 aliphatic carbocycles. The lowest BCUT2D eigenvalue weighted by molar-refractivity contribution is 0.507. The topological polar surface area (TPSA) is 0 Å². The van der Waals surface area contributed by atoms with E-state index in [1.54, 1.807) is 0 Å². The lowest BCUT2D eigenvalue weighted by Gasteiger charge is -2.27. The number of benzene rings is 6. The Kier molecular flexibility index (Phi) is 5.25. The molecule has 0 aliphatic heterocycles. The smallest absolute Gasteiger partial charge is 0.0622 e. The van der Waals surface area contributed by atoms with Crippen molar-refractivity contribution in [3.8, 4) is 44.5 Å². The van der Waals surface area contributed by atoms with Gasteiger partial charge in [0.2, 0.25) is 0 Å². The van der Waals surface area contributed by atoms with Gasteiger partial charge >= 0.3 is 0 Å². The largest absolute Gasteiger partial charge is 0.0633 e. The molecule has 0 amide bonds. The van der Waals surface area contributed by atoms with Gasteiger partial charge in [0.25, 0.3) is 0 Å². The Morgan fingerprint density at radius 1 is 0.366 bits per heavy atom. The third kappa shape index (κ3) is 4.14. The van der Waals surface area contributed by atoms with E-state index in [-0.39, 0.29) is 5.41 Å². The van der Waals surface area contributed by atoms with Crippen LogP contribution >= 0.6 is 0 Å². The van der Waals surface area contributed by atoms with Gasteiger partial charge in [0.15, 0.2) is 0 Å². The quantitative estimate of drug-likeness (QED) is 0.214. The Hall–Kier alpha value is -4.68. The monoisotopic (exact) mass is 526 g/mol. The SMILES string of the molecule is [2H]c1c(-c2ccc(-c3ccccc3)cc2)ccc2c1C1(CC2)CCc2ccc(-c3ccc(-c4ccccc4)cc3)c([2H])c21. The molecule has 8 rings (SSSR count). The Morgan fingerprint density at radius 2 is 0.683 bits per heavy atom. The highest BCUT2D eigenvalue weighted by atomic mass is 14.5. The second-order valence-electron chi connectivity index (χ2n) is 11.5. The minimum atomic E-state index is -0.265. The van der Waals surface area contributed by atoms with Crippen LogP contribution in [0.5, 0.6) is 0 Å². The number of fused-ring (bicyclic) bond motifs is 4. The molecular weight excluding hydrogens is 492 g/mol. The average molecular weight is 527 g/mol. The lowest BCUT2D eigenvalue weighted by atomic mass is 9.75. The number of rotatable bonds is 4. The fourth-order valence-corrected chi connectivity index (χ4v) is 7.05. The summed E-state index contributed by atoms with van der Waals surface area (Å²) in [6, 6.07) is 48.2. The molecular formula is C41H32. The highest BCUT2D eigenvalue weighted by Gasteiger charge is 2.44. The van der Waals surface area contributed by atoms with Crippen molar-refractivity contribution in [3.05, 3.63) is 168 Å². The van der Waals surface area contributed by atoms with Gasteiger partial charge in [-0.2, -0.15) is 0 Å². The molecule has 0 heteroatoms. The zero-order valence-corrected chi connectivity index (χ0v) is 23.0. The second kappa shape index (κ2) is 9.75. The summed E-state index contributed by atoms with van der Waals surface area (Å²) >= 11 is 0. The summed E-state index contributed by atoms with van der Waals surface area (Å²) in [5.74, 6) is 0. The third-order valence-electron chi connectivity index (χ3n) is 9.27. The predicted molar refractivity (Wildman–Crippen MR) is 172 cm³/mol. The van der Waals surface area contributed by atoms with E-state index in [0.29, 0.717) is 12.1 Å². The van der Waals surface area contributed by atoms with Gasteiger partial charge in [-0.3, -0.25) is 0 Å². The fourth-order valence-electron chi connectivity index (χ4n) is 7.05. The van der Waals surface area contributed by atoms with Crippen LogP contribution < -0.4 is 0 Å². The van der Waals surface area contributed by atoms with Crippen LogP contribution in [0.4, 0.5) is 0 Å². The van der Waals surface area contributed by atoms with Gasteiger partial charge in [-0.25, -0.2) is 0 Å². The van der Waals surface area contributed by atoms with Crippen molar-refractivity contribution in [2.24, 2.45) is 0 Å². The van der Waals surface area contributed by atoms with E-state index < -0.39 is 0 Å². The Balaban J connectivity index is 1.19. The fraction of sp³-hybridized carbons (Fsp3) is 0.122. The molecule has 0 N–H and O–H groups in total. The maximum atomic E-state index is 9.55. The first kappa shape index (κ1) is 22.1. The molecule has 41 heavy (non-hydrogen) atoms. The van der Waals surface area contributed by atoms with E-state index in [2.05, 4.69) is 121 Å². The highest BCUT2D eigenvalue weighted by molar-refractivity contribution is 5.74. The van der Waals surface area contributed by atoms with Crippen LogP contribution in [0, 0.1) is 0 Å². The first-order valence-electron chi connectivity index (χ1n) is 15.7. The summed E-state index contributed by atoms with van der Waals surface area (Å²) in [4.78, 5) is 0. The summed E-state index contributed by atoms with van der Waals surface area (Å²) in [6.07, 6.45) is 3.87. The van der Waals surface area contributed by atoms with E-state index in [1.807, 2.05) is 12.1 Å². The molecule has 6 aromatic carbocycles. The Labute approximate surface area is 245 Å². The maximum absolute atomic E-state index is 9.55. The number of hydrogen-bond donors (Lipinski definition) is 0. The number of aryl methyl sites for hydroxylation is 2. The molecule has 0 radical (unpaired) electrons. The molecule has 196 valence electrons. The molecule has 0 saturated heterocycles. The van der Waals surface area contributed by atoms with E-state index >= 15 is 0 Å². The van der Waals surface area contributed by atoms with E-state index in [1.165, 1.54) is 33.4 Å². The van der Waals surface area contributed by atoms with Crippen molar-refractivity contribution in [1.82, 2.24) is 0 Å². The van der Waals surface area contributed by atoms with Crippen LogP contribution in [0.15, 0.2) is 146 Å². The van der Waals surface area contributed by atoms with Gasteiger partial charge in [0.1, 0.15) is 0 Å². The predicted octanol–water partition coefficient (Wildman–Crippen LogP) is 10.5. The number of hydrogen-bond acceptors (Lipinski definition) is 0. The van der Waals surface area contributed by atoms with Crippen molar-refractivity contribution in [3.63, 3.8) is 0 Å². The average Bonchev–Trinajstić information content (AvgIpc) is 3.64. The zero-order chi connectivity index (χ0) is 29.0. The summed E-state index contributed by atoms with van der Waals surface area (Å²) < 4.78 is 19.1. The second-order valence-corrected chi connectivity index (χ2v) is 11.5. The van der Waals surface area contributed by atoms with Gasteiger partial charge in [0.05, 0.1) is 2.74 Å². The van der Waals surface area contributed by atoms with Crippen molar-refractivity contribution < 1.29 is 2.74 Å². The van der Waals surface area contributed by atoms with Gasteiger partial charge in [-0.15, -0.1) is 0 Å². The maximum Gasteiger partial charge on any atom is 0.0633 e. The minimum Gasteiger partial charge on any atom is -0.0622 e. The van der Waals surface area contributed by atoms with Crippen LogP contribution in [-0.4, -0.2) is 0 Å². The molecule has 0 atom stereocenters. The van der Waals surface area contributed by atoms with Crippen LogP contribution in [0.25, 0.3) is 44.5 Å². The lowest BCUT2D eigenvalue weighted by Crippen LogP contribution is -2.21. The van der Waals surface area contributed by atoms with Gasteiger partial charge in [0, 0.05) is 5.41 Å². The molecule has 0 saturated carbocycles. The molecule has 0 nitrogen and oxygen atoms in total. The van der Waals surface area contributed by atoms with Crippen LogP contribution in [0.2, 0.25) is 0 Å². The van der Waals surface area contributed by atoms with E-state index in [9.17, 15) is 2.74 Å². The molecule has 6 aromatic rings. The molecule has 0 heterocycles. The molecule has 0 aromatic heterocycles. The first-order valence-corrected chi connectivity index (χ1v) is 14.7. The van der Waals surface area contributed by atoms with Crippen molar-refractivity contribution in [2.45, 2.75) is 31.1 Å². The minimum absolute atomic E-state index is 0.265. The summed E-state index contributed by atoms with van der Waals surface area (Å²) in [7, 11) is 0. The third-order valence-corrected chi connectivity index (χ3v) is 9.27. The standard InChI is InChI=1S/C41H32/c1-3-7-29(8-4-1)31-11-15-33(16-12-31)37-21-19-35-23-25-41(39(35)27-37)26-24-36-20-22-38(28-40(36)41)34-17-13-32(14-18-34)30-9-5-2-6-10-30/h1-22,27-28H,23-26H2/i27D,28D. The van der Waals surface area contributed by atoms with E-state index in [4.69, 9.17) is 0 Å². The normalized spacial score (nSPS) is 15.3. The molecule has 2 aliphatic rings. The van der Waals surface area contributed by atoms with Gasteiger partial charge in [-0.1, -0.05) is 133 Å². The summed E-state index contributed by atoms with van der Waals surface area (Å²) in [5.41, 5.74) is 13.5. The van der Waals surface area contributed by atoms with E-state index in [0.717, 1.165) is 59.1 Å².